The van der Waals surface area contributed by atoms with Crippen LogP contribution in [-0.4, -0.2) is 0 Å². The Kier molecular flexibility index (Phi) is 11.3. The zero-order valence-electron chi connectivity index (χ0n) is 23.7. The van der Waals surface area contributed by atoms with Crippen LogP contribution in [0.1, 0.15) is 107 Å². The fraction of sp³-hybridized carbons (Fsp3) is 0.514. The molecule has 198 valence electrons. The normalized spacial score (nSPS) is 17.7. The first-order valence-corrected chi connectivity index (χ1v) is 15.5. The first-order valence-electron chi connectivity index (χ1n) is 15.5. The largest absolute Gasteiger partial charge is 0.0654 e. The minimum Gasteiger partial charge on any atom is -0.0654 e. The van der Waals surface area contributed by atoms with E-state index in [0.29, 0.717) is 0 Å². The molecule has 1 aliphatic rings. The molecule has 4 rings (SSSR count). The minimum atomic E-state index is 0.962. The molecule has 0 aromatic heterocycles. The standard InChI is InChI=1S/C37H50/c1-3-5-7-9-31-22-26-36(27-23-31)37-28-24-35(25-29-37)21-20-34-18-16-33(17-19-34)15-14-32-12-10-30(11-13-32)8-6-4-2/h16-19,22-30,32H,3-15,20-21H2,1-2H3. The van der Waals surface area contributed by atoms with Crippen LogP contribution in [0.4, 0.5) is 0 Å². The number of hydrogen-bond donors (Lipinski definition) is 0. The number of aryl methyl sites for hydroxylation is 4. The highest BCUT2D eigenvalue weighted by Crippen LogP contribution is 2.34. The molecule has 37 heavy (non-hydrogen) atoms. The summed E-state index contributed by atoms with van der Waals surface area (Å²) in [5, 5.41) is 0. The molecule has 0 unspecified atom stereocenters. The highest BCUT2D eigenvalue weighted by molar-refractivity contribution is 5.64. The van der Waals surface area contributed by atoms with Crippen LogP contribution in [0.5, 0.6) is 0 Å². The summed E-state index contributed by atoms with van der Waals surface area (Å²) < 4.78 is 0. The minimum absolute atomic E-state index is 0.962. The molecule has 0 heterocycles. The summed E-state index contributed by atoms with van der Waals surface area (Å²) in [6.45, 7) is 4.59. The molecule has 0 aliphatic heterocycles. The fourth-order valence-corrected chi connectivity index (χ4v) is 6.14. The van der Waals surface area contributed by atoms with Gasteiger partial charge in [0.15, 0.2) is 0 Å². The molecule has 0 amide bonds. The maximum Gasteiger partial charge on any atom is -0.0184 e. The molecular weight excluding hydrogens is 444 g/mol. The van der Waals surface area contributed by atoms with Gasteiger partial charge in [-0.25, -0.2) is 0 Å². The van der Waals surface area contributed by atoms with Crippen molar-refractivity contribution in [1.82, 2.24) is 0 Å². The lowest BCUT2D eigenvalue weighted by Gasteiger charge is -2.28. The summed E-state index contributed by atoms with van der Waals surface area (Å²) in [5.74, 6) is 1.99. The molecule has 0 N–H and O–H groups in total. The van der Waals surface area contributed by atoms with Gasteiger partial charge in [-0.15, -0.1) is 0 Å². The van der Waals surface area contributed by atoms with Crippen LogP contribution in [0.15, 0.2) is 72.8 Å². The van der Waals surface area contributed by atoms with Crippen molar-refractivity contribution in [3.8, 4) is 11.1 Å². The summed E-state index contributed by atoms with van der Waals surface area (Å²) >= 11 is 0. The topological polar surface area (TPSA) is 0 Å². The highest BCUT2D eigenvalue weighted by atomic mass is 14.3. The summed E-state index contributed by atoms with van der Waals surface area (Å²) in [5.41, 5.74) is 8.53. The van der Waals surface area contributed by atoms with Crippen molar-refractivity contribution < 1.29 is 0 Å². The Bertz CT molecular complexity index is 1000. The molecule has 3 aromatic rings. The van der Waals surface area contributed by atoms with Gasteiger partial charge in [-0.1, -0.05) is 144 Å². The van der Waals surface area contributed by atoms with Crippen LogP contribution < -0.4 is 0 Å². The van der Waals surface area contributed by atoms with E-state index in [1.165, 1.54) is 117 Å². The summed E-state index contributed by atoms with van der Waals surface area (Å²) in [4.78, 5) is 0. The van der Waals surface area contributed by atoms with Crippen molar-refractivity contribution in [2.45, 2.75) is 110 Å². The van der Waals surface area contributed by atoms with Crippen LogP contribution in [-0.2, 0) is 25.7 Å². The Morgan fingerprint density at radius 1 is 0.432 bits per heavy atom. The van der Waals surface area contributed by atoms with Gasteiger partial charge in [0, 0.05) is 0 Å². The number of benzene rings is 3. The SMILES string of the molecule is CCCCCc1ccc(-c2ccc(CCc3ccc(CCC4CCC(CCCC)CC4)cc3)cc2)cc1. The molecule has 0 radical (unpaired) electrons. The Balaban J connectivity index is 1.18. The average Bonchev–Trinajstić information content (AvgIpc) is 2.96. The highest BCUT2D eigenvalue weighted by Gasteiger charge is 2.20. The van der Waals surface area contributed by atoms with Gasteiger partial charge in [-0.2, -0.15) is 0 Å². The van der Waals surface area contributed by atoms with E-state index < -0.39 is 0 Å². The van der Waals surface area contributed by atoms with E-state index in [9.17, 15) is 0 Å². The van der Waals surface area contributed by atoms with Crippen molar-refractivity contribution in [3.05, 3.63) is 95.1 Å². The average molecular weight is 495 g/mol. The molecule has 3 aromatic carbocycles. The third kappa shape index (κ3) is 9.17. The van der Waals surface area contributed by atoms with Gasteiger partial charge >= 0.3 is 0 Å². The van der Waals surface area contributed by atoms with Gasteiger partial charge in [0.2, 0.25) is 0 Å². The van der Waals surface area contributed by atoms with Gasteiger partial charge in [-0.05, 0) is 83.7 Å². The lowest BCUT2D eigenvalue weighted by atomic mass is 9.78. The van der Waals surface area contributed by atoms with E-state index in [4.69, 9.17) is 0 Å². The summed E-state index contributed by atoms with van der Waals surface area (Å²) in [6, 6.07) is 27.9. The summed E-state index contributed by atoms with van der Waals surface area (Å²) in [7, 11) is 0. The van der Waals surface area contributed by atoms with Crippen molar-refractivity contribution in [2.24, 2.45) is 11.8 Å². The molecule has 0 saturated heterocycles. The number of unbranched alkanes of at least 4 members (excludes halogenated alkanes) is 3. The lowest BCUT2D eigenvalue weighted by Crippen LogP contribution is -2.15. The van der Waals surface area contributed by atoms with Crippen molar-refractivity contribution in [2.75, 3.05) is 0 Å². The predicted molar refractivity (Wildman–Crippen MR) is 162 cm³/mol. The second-order valence-corrected chi connectivity index (χ2v) is 11.7. The van der Waals surface area contributed by atoms with E-state index in [1.807, 2.05) is 0 Å². The first kappa shape index (κ1) is 27.7. The maximum atomic E-state index is 2.39. The molecule has 1 saturated carbocycles. The van der Waals surface area contributed by atoms with Gasteiger partial charge in [0.1, 0.15) is 0 Å². The van der Waals surface area contributed by atoms with Gasteiger partial charge in [0.05, 0.1) is 0 Å². The Morgan fingerprint density at radius 2 is 0.838 bits per heavy atom. The third-order valence-electron chi connectivity index (χ3n) is 8.81. The molecule has 1 aliphatic carbocycles. The second kappa shape index (κ2) is 15.2. The monoisotopic (exact) mass is 494 g/mol. The third-order valence-corrected chi connectivity index (χ3v) is 8.81. The van der Waals surface area contributed by atoms with E-state index in [2.05, 4.69) is 86.6 Å². The van der Waals surface area contributed by atoms with E-state index in [0.717, 1.165) is 24.7 Å². The predicted octanol–water partition coefficient (Wildman–Crippen LogP) is 10.8. The van der Waals surface area contributed by atoms with Crippen LogP contribution >= 0.6 is 0 Å². The van der Waals surface area contributed by atoms with Gasteiger partial charge in [0.25, 0.3) is 0 Å². The molecule has 0 bridgehead atoms. The fourth-order valence-electron chi connectivity index (χ4n) is 6.14. The number of rotatable bonds is 14. The second-order valence-electron chi connectivity index (χ2n) is 11.7. The Hall–Kier alpha value is -2.34. The van der Waals surface area contributed by atoms with Crippen LogP contribution in [0.3, 0.4) is 0 Å². The Morgan fingerprint density at radius 3 is 1.32 bits per heavy atom. The molecular formula is C37H50. The van der Waals surface area contributed by atoms with E-state index in [-0.39, 0.29) is 0 Å². The molecule has 0 nitrogen and oxygen atoms in total. The smallest absolute Gasteiger partial charge is 0.0184 e. The summed E-state index contributed by atoms with van der Waals surface area (Å²) in [6.07, 6.45) is 20.1. The molecule has 0 heteroatoms. The molecule has 0 spiro atoms. The lowest BCUT2D eigenvalue weighted by molar-refractivity contribution is 0.250. The maximum absolute atomic E-state index is 2.39. The van der Waals surface area contributed by atoms with Crippen LogP contribution in [0, 0.1) is 11.8 Å². The quantitative estimate of drug-likeness (QED) is 0.195. The molecule has 1 fully saturated rings. The van der Waals surface area contributed by atoms with Crippen LogP contribution in [0.2, 0.25) is 0 Å². The zero-order chi connectivity index (χ0) is 25.7. The van der Waals surface area contributed by atoms with Crippen LogP contribution in [0.25, 0.3) is 11.1 Å². The molecule has 0 atom stereocenters. The van der Waals surface area contributed by atoms with Crippen molar-refractivity contribution in [3.63, 3.8) is 0 Å². The van der Waals surface area contributed by atoms with Crippen molar-refractivity contribution in [1.29, 1.82) is 0 Å². The van der Waals surface area contributed by atoms with Crippen molar-refractivity contribution >= 4 is 0 Å². The zero-order valence-corrected chi connectivity index (χ0v) is 23.7. The number of hydrogen-bond acceptors (Lipinski definition) is 0. The van der Waals surface area contributed by atoms with E-state index in [1.54, 1.807) is 0 Å². The van der Waals surface area contributed by atoms with E-state index >= 15 is 0 Å². The van der Waals surface area contributed by atoms with Gasteiger partial charge < -0.3 is 0 Å². The first-order chi connectivity index (χ1) is 18.2. The Labute approximate surface area is 227 Å². The van der Waals surface area contributed by atoms with Gasteiger partial charge in [-0.3, -0.25) is 0 Å².